The number of carbonyl (C=O) groups excluding carboxylic acids is 1. The van der Waals surface area contributed by atoms with Gasteiger partial charge in [0.15, 0.2) is 0 Å². The molecule has 110 valence electrons. The molecule has 1 aromatic carbocycles. The number of carboxylic acid groups (broad SMARTS) is 1. The lowest BCUT2D eigenvalue weighted by Gasteiger charge is -2.43. The summed E-state index contributed by atoms with van der Waals surface area (Å²) in [4.78, 5) is 25.0. The molecule has 1 N–H and O–H groups in total. The zero-order chi connectivity index (χ0) is 15.5. The SMILES string of the molecule is C#CCN(CC(=O)O)C(=O)C1(c2cccc(Cl)c2)CCC1. The van der Waals surface area contributed by atoms with Crippen molar-refractivity contribution in [3.8, 4) is 12.3 Å². The molecule has 1 amide bonds. The van der Waals surface area contributed by atoms with E-state index in [1.54, 1.807) is 18.2 Å². The topological polar surface area (TPSA) is 57.6 Å². The Balaban J connectivity index is 2.33. The predicted molar refractivity (Wildman–Crippen MR) is 80.0 cm³/mol. The number of carbonyl (C=O) groups is 2. The molecule has 2 rings (SSSR count). The smallest absolute Gasteiger partial charge is 0.323 e. The molecule has 0 heterocycles. The summed E-state index contributed by atoms with van der Waals surface area (Å²) in [6.07, 6.45) is 7.55. The molecule has 0 aromatic heterocycles. The molecule has 4 nitrogen and oxygen atoms in total. The third-order valence-corrected chi connectivity index (χ3v) is 4.12. The van der Waals surface area contributed by atoms with Gasteiger partial charge >= 0.3 is 5.97 Å². The Hall–Kier alpha value is -1.99. The number of rotatable bonds is 5. The van der Waals surface area contributed by atoms with Crippen LogP contribution in [0, 0.1) is 12.3 Å². The van der Waals surface area contributed by atoms with E-state index in [0.717, 1.165) is 12.0 Å². The number of benzene rings is 1. The molecule has 0 bridgehead atoms. The fourth-order valence-corrected chi connectivity index (χ4v) is 2.91. The van der Waals surface area contributed by atoms with E-state index in [1.807, 2.05) is 6.07 Å². The Labute approximate surface area is 128 Å². The molecule has 1 aromatic rings. The molecule has 5 heteroatoms. The third kappa shape index (κ3) is 3.03. The fourth-order valence-electron chi connectivity index (χ4n) is 2.72. The summed E-state index contributed by atoms with van der Waals surface area (Å²) in [6, 6.07) is 7.18. The molecule has 0 saturated heterocycles. The van der Waals surface area contributed by atoms with Crippen LogP contribution in [0.5, 0.6) is 0 Å². The zero-order valence-electron chi connectivity index (χ0n) is 11.5. The van der Waals surface area contributed by atoms with E-state index in [2.05, 4.69) is 5.92 Å². The van der Waals surface area contributed by atoms with Crippen molar-refractivity contribution in [2.45, 2.75) is 24.7 Å². The van der Waals surface area contributed by atoms with Crippen LogP contribution in [0.4, 0.5) is 0 Å². The van der Waals surface area contributed by atoms with Crippen molar-refractivity contribution in [3.63, 3.8) is 0 Å². The average Bonchev–Trinajstić information content (AvgIpc) is 2.36. The second kappa shape index (κ2) is 6.19. The van der Waals surface area contributed by atoms with Gasteiger partial charge in [-0.05, 0) is 30.5 Å². The molecular weight excluding hydrogens is 290 g/mol. The molecule has 0 radical (unpaired) electrons. The molecule has 0 atom stereocenters. The summed E-state index contributed by atoms with van der Waals surface area (Å²) >= 11 is 6.01. The van der Waals surface area contributed by atoms with Crippen LogP contribution in [0.1, 0.15) is 24.8 Å². The van der Waals surface area contributed by atoms with E-state index >= 15 is 0 Å². The standard InChI is InChI=1S/C16H16ClNO3/c1-2-9-18(11-14(19)20)15(21)16(7-4-8-16)12-5-3-6-13(17)10-12/h1,3,5-6,10H,4,7-9,11H2,(H,19,20). The van der Waals surface area contributed by atoms with E-state index in [4.69, 9.17) is 23.1 Å². The minimum Gasteiger partial charge on any atom is -0.480 e. The van der Waals surface area contributed by atoms with Gasteiger partial charge in [-0.2, -0.15) is 0 Å². The maximum absolute atomic E-state index is 12.8. The first-order valence-corrected chi connectivity index (χ1v) is 7.08. The molecule has 0 unspecified atom stereocenters. The van der Waals surface area contributed by atoms with Gasteiger partial charge in [0.1, 0.15) is 6.54 Å². The van der Waals surface area contributed by atoms with Gasteiger partial charge in [0.25, 0.3) is 0 Å². The van der Waals surface area contributed by atoms with Gasteiger partial charge in [0, 0.05) is 5.02 Å². The Morgan fingerprint density at radius 2 is 2.14 bits per heavy atom. The number of nitrogens with zero attached hydrogens (tertiary/aromatic N) is 1. The van der Waals surface area contributed by atoms with Gasteiger partial charge in [0.2, 0.25) is 5.91 Å². The van der Waals surface area contributed by atoms with Gasteiger partial charge in [0.05, 0.1) is 12.0 Å². The molecule has 1 aliphatic carbocycles. The molecular formula is C16H16ClNO3. The quantitative estimate of drug-likeness (QED) is 0.849. The van der Waals surface area contributed by atoms with Crippen molar-refractivity contribution in [2.75, 3.05) is 13.1 Å². The second-order valence-electron chi connectivity index (χ2n) is 5.21. The average molecular weight is 306 g/mol. The molecule has 1 saturated carbocycles. The van der Waals surface area contributed by atoms with E-state index in [-0.39, 0.29) is 19.0 Å². The largest absolute Gasteiger partial charge is 0.480 e. The summed E-state index contributed by atoms with van der Waals surface area (Å²) < 4.78 is 0. The van der Waals surface area contributed by atoms with Crippen LogP contribution in [-0.2, 0) is 15.0 Å². The third-order valence-electron chi connectivity index (χ3n) is 3.89. The van der Waals surface area contributed by atoms with Crippen LogP contribution in [-0.4, -0.2) is 35.0 Å². The Kier molecular flexibility index (Phi) is 4.54. The van der Waals surface area contributed by atoms with Crippen molar-refractivity contribution in [1.29, 1.82) is 0 Å². The summed E-state index contributed by atoms with van der Waals surface area (Å²) in [5.41, 5.74) is 0.149. The zero-order valence-corrected chi connectivity index (χ0v) is 12.3. The first-order chi connectivity index (χ1) is 9.99. The molecule has 0 aliphatic heterocycles. The van der Waals surface area contributed by atoms with Crippen molar-refractivity contribution in [2.24, 2.45) is 0 Å². The minimum absolute atomic E-state index is 0.00650. The first-order valence-electron chi connectivity index (χ1n) is 6.70. The number of carboxylic acids is 1. The summed E-state index contributed by atoms with van der Waals surface area (Å²) in [5, 5.41) is 9.51. The predicted octanol–water partition coefficient (Wildman–Crippen LogP) is 2.31. The lowest BCUT2D eigenvalue weighted by atomic mass is 9.63. The maximum atomic E-state index is 12.8. The molecule has 1 aliphatic rings. The lowest BCUT2D eigenvalue weighted by Crippen LogP contribution is -2.52. The highest BCUT2D eigenvalue weighted by molar-refractivity contribution is 6.30. The number of terminal acetylenes is 1. The van der Waals surface area contributed by atoms with Crippen LogP contribution in [0.3, 0.4) is 0 Å². The summed E-state index contributed by atoms with van der Waals surface area (Å²) in [6.45, 7) is -0.390. The van der Waals surface area contributed by atoms with Crippen LogP contribution < -0.4 is 0 Å². The van der Waals surface area contributed by atoms with Gasteiger partial charge in [-0.15, -0.1) is 6.42 Å². The monoisotopic (exact) mass is 305 g/mol. The van der Waals surface area contributed by atoms with E-state index < -0.39 is 11.4 Å². The number of hydrogen-bond acceptors (Lipinski definition) is 2. The second-order valence-corrected chi connectivity index (χ2v) is 5.64. The van der Waals surface area contributed by atoms with Crippen LogP contribution in [0.2, 0.25) is 5.02 Å². The Bertz CT molecular complexity index is 602. The van der Waals surface area contributed by atoms with Crippen molar-refractivity contribution in [1.82, 2.24) is 4.90 Å². The van der Waals surface area contributed by atoms with E-state index in [9.17, 15) is 9.59 Å². The van der Waals surface area contributed by atoms with Gasteiger partial charge in [-0.25, -0.2) is 0 Å². The number of hydrogen-bond donors (Lipinski definition) is 1. The highest BCUT2D eigenvalue weighted by Gasteiger charge is 2.47. The summed E-state index contributed by atoms with van der Waals surface area (Å²) in [5.74, 6) is 1.06. The number of aliphatic carboxylic acids is 1. The van der Waals surface area contributed by atoms with E-state index in [1.165, 1.54) is 4.90 Å². The molecule has 0 spiro atoms. The van der Waals surface area contributed by atoms with Crippen molar-refractivity contribution >= 4 is 23.5 Å². The number of halogens is 1. The number of amides is 1. The lowest BCUT2D eigenvalue weighted by molar-refractivity contribution is -0.148. The van der Waals surface area contributed by atoms with E-state index in [0.29, 0.717) is 17.9 Å². The van der Waals surface area contributed by atoms with Crippen LogP contribution >= 0.6 is 11.6 Å². The van der Waals surface area contributed by atoms with Gasteiger partial charge in [-0.1, -0.05) is 36.1 Å². The van der Waals surface area contributed by atoms with Crippen molar-refractivity contribution in [3.05, 3.63) is 34.9 Å². The highest BCUT2D eigenvalue weighted by atomic mass is 35.5. The van der Waals surface area contributed by atoms with Gasteiger partial charge < -0.3 is 10.0 Å². The summed E-state index contributed by atoms with van der Waals surface area (Å²) in [7, 11) is 0. The van der Waals surface area contributed by atoms with Crippen LogP contribution in [0.15, 0.2) is 24.3 Å². The van der Waals surface area contributed by atoms with Crippen LogP contribution in [0.25, 0.3) is 0 Å². The maximum Gasteiger partial charge on any atom is 0.323 e. The molecule has 1 fully saturated rings. The van der Waals surface area contributed by atoms with Crippen molar-refractivity contribution < 1.29 is 14.7 Å². The fraction of sp³-hybridized carbons (Fsp3) is 0.375. The Morgan fingerprint density at radius 3 is 2.62 bits per heavy atom. The van der Waals surface area contributed by atoms with Gasteiger partial charge in [-0.3, -0.25) is 9.59 Å². The Morgan fingerprint density at radius 1 is 1.43 bits per heavy atom. The first kappa shape index (κ1) is 15.4. The molecule has 21 heavy (non-hydrogen) atoms. The normalized spacial score (nSPS) is 15.6. The minimum atomic E-state index is -1.07. The highest BCUT2D eigenvalue weighted by Crippen LogP contribution is 2.45.